The van der Waals surface area contributed by atoms with E-state index >= 15 is 0 Å². The van der Waals surface area contributed by atoms with Gasteiger partial charge in [-0.3, -0.25) is 9.59 Å². The van der Waals surface area contributed by atoms with Crippen molar-refractivity contribution < 1.29 is 14.7 Å². The third-order valence-electron chi connectivity index (χ3n) is 4.88. The predicted molar refractivity (Wildman–Crippen MR) is 106 cm³/mol. The lowest BCUT2D eigenvalue weighted by Crippen LogP contribution is -2.56. The van der Waals surface area contributed by atoms with Crippen LogP contribution < -0.4 is 0 Å². The van der Waals surface area contributed by atoms with Crippen LogP contribution >= 0.6 is 23.2 Å². The van der Waals surface area contributed by atoms with Crippen LogP contribution in [-0.2, 0) is 9.59 Å². The van der Waals surface area contributed by atoms with E-state index in [0.717, 1.165) is 5.56 Å². The largest absolute Gasteiger partial charge is 0.508 e. The molecule has 5 nitrogen and oxygen atoms in total. The zero-order valence-corrected chi connectivity index (χ0v) is 16.2. The van der Waals surface area contributed by atoms with Crippen LogP contribution in [0.4, 0.5) is 0 Å². The van der Waals surface area contributed by atoms with E-state index in [9.17, 15) is 14.7 Å². The highest BCUT2D eigenvalue weighted by molar-refractivity contribution is 6.37. The summed E-state index contributed by atoms with van der Waals surface area (Å²) >= 11 is 12.9. The smallest absolute Gasteiger partial charge is 0.248 e. The number of carbonyl (C=O) groups is 2. The first-order valence-electron chi connectivity index (χ1n) is 8.60. The summed E-state index contributed by atoms with van der Waals surface area (Å²) in [6.07, 6.45) is 5.80. The number of alkyl halides is 1. The minimum absolute atomic E-state index is 0.0467. The average Bonchev–Trinajstić information content (AvgIpc) is 2.68. The Morgan fingerprint density at radius 2 is 1.89 bits per heavy atom. The van der Waals surface area contributed by atoms with Gasteiger partial charge in [-0.25, -0.2) is 0 Å². The highest BCUT2D eigenvalue weighted by atomic mass is 35.5. The van der Waals surface area contributed by atoms with Crippen molar-refractivity contribution in [2.24, 2.45) is 0 Å². The van der Waals surface area contributed by atoms with Gasteiger partial charge in [-0.2, -0.15) is 0 Å². The molecule has 142 valence electrons. The van der Waals surface area contributed by atoms with Gasteiger partial charge in [-0.05, 0) is 42.0 Å². The minimum atomic E-state index is -1.37. The summed E-state index contributed by atoms with van der Waals surface area (Å²) in [4.78, 5) is 26.9. The number of benzene rings is 1. The first-order chi connectivity index (χ1) is 12.8. The second kappa shape index (κ2) is 7.79. The number of hydrogen-bond donors (Lipinski definition) is 1. The van der Waals surface area contributed by atoms with E-state index < -0.39 is 10.8 Å². The number of carbonyl (C=O) groups excluding carboxylic acids is 2. The van der Waals surface area contributed by atoms with Crippen LogP contribution in [0.25, 0.3) is 0 Å². The molecule has 1 aliphatic carbocycles. The van der Waals surface area contributed by atoms with Crippen molar-refractivity contribution in [1.29, 1.82) is 0 Å². The highest BCUT2D eigenvalue weighted by Crippen LogP contribution is 2.42. The Bertz CT molecular complexity index is 828. The van der Waals surface area contributed by atoms with E-state index in [-0.39, 0.29) is 17.6 Å². The Balaban J connectivity index is 1.84. The highest BCUT2D eigenvalue weighted by Gasteiger charge is 2.46. The number of allylic oxidation sites excluding steroid dienone is 2. The number of aliphatic hydroxyl groups is 1. The molecule has 0 spiro atoms. The summed E-state index contributed by atoms with van der Waals surface area (Å²) in [6, 6.07) is 7.08. The molecule has 0 aromatic heterocycles. The van der Waals surface area contributed by atoms with Crippen molar-refractivity contribution in [3.05, 3.63) is 71.5 Å². The summed E-state index contributed by atoms with van der Waals surface area (Å²) in [5.74, 6) is -0.932. The van der Waals surface area contributed by atoms with Crippen molar-refractivity contribution >= 4 is 35.0 Å². The molecule has 27 heavy (non-hydrogen) atoms. The lowest BCUT2D eigenvalue weighted by Gasteiger charge is -2.40. The van der Waals surface area contributed by atoms with E-state index in [1.165, 1.54) is 18.2 Å². The Labute approximate surface area is 168 Å². The van der Waals surface area contributed by atoms with Crippen LogP contribution in [0, 0.1) is 0 Å². The van der Waals surface area contributed by atoms with Crippen LogP contribution in [0.1, 0.15) is 11.5 Å². The van der Waals surface area contributed by atoms with Gasteiger partial charge in [0.25, 0.3) is 0 Å². The minimum Gasteiger partial charge on any atom is -0.508 e. The Hall–Kier alpha value is -2.24. The van der Waals surface area contributed by atoms with Gasteiger partial charge in [-0.1, -0.05) is 30.3 Å². The molecule has 2 atom stereocenters. The van der Waals surface area contributed by atoms with E-state index in [1.54, 1.807) is 34.1 Å². The number of halogens is 2. The summed E-state index contributed by atoms with van der Waals surface area (Å²) in [7, 11) is 0. The molecule has 0 radical (unpaired) electrons. The molecule has 2 amide bonds. The van der Waals surface area contributed by atoms with Gasteiger partial charge < -0.3 is 14.9 Å². The fourth-order valence-electron chi connectivity index (χ4n) is 3.40. The van der Waals surface area contributed by atoms with Crippen LogP contribution in [0.5, 0.6) is 0 Å². The van der Waals surface area contributed by atoms with Gasteiger partial charge in [0, 0.05) is 37.1 Å². The number of amides is 2. The first-order valence-corrected chi connectivity index (χ1v) is 9.36. The van der Waals surface area contributed by atoms with Gasteiger partial charge in [0.05, 0.1) is 0 Å². The number of aliphatic hydroxyl groups excluding tert-OH is 1. The van der Waals surface area contributed by atoms with Gasteiger partial charge in [-0.15, -0.1) is 11.6 Å². The molecular formula is C20H20Cl2N2O3. The van der Waals surface area contributed by atoms with Gasteiger partial charge in [0.2, 0.25) is 11.8 Å². The molecule has 1 heterocycles. The molecule has 3 rings (SSSR count). The zero-order chi connectivity index (χ0) is 19.6. The second-order valence-electron chi connectivity index (χ2n) is 6.55. The summed E-state index contributed by atoms with van der Waals surface area (Å²) in [6.45, 7) is 5.12. The quantitative estimate of drug-likeness (QED) is 0.618. The SMILES string of the molecule is C=CC(=O)N1CCN(C(=O)C2(Cl)C=CC(O)=CC2c2cccc(Cl)c2)CC1. The molecule has 2 unspecified atom stereocenters. The predicted octanol–water partition coefficient (Wildman–Crippen LogP) is 3.27. The van der Waals surface area contributed by atoms with Crippen molar-refractivity contribution in [2.45, 2.75) is 10.8 Å². The van der Waals surface area contributed by atoms with Crippen LogP contribution in [0.2, 0.25) is 5.02 Å². The standard InChI is InChI=1S/C20H20Cl2N2O3/c1-2-18(26)23-8-10-24(11-9-23)19(27)20(22)7-6-16(25)13-17(20)14-4-3-5-15(21)12-14/h2-7,12-13,17,25H,1,8-11H2. The maximum atomic E-state index is 13.3. The molecule has 1 aliphatic heterocycles. The molecular weight excluding hydrogens is 387 g/mol. The topological polar surface area (TPSA) is 60.9 Å². The van der Waals surface area contributed by atoms with Crippen molar-refractivity contribution in [3.8, 4) is 0 Å². The third kappa shape index (κ3) is 3.89. The van der Waals surface area contributed by atoms with E-state index in [0.29, 0.717) is 31.2 Å². The Morgan fingerprint density at radius 1 is 1.22 bits per heavy atom. The van der Waals surface area contributed by atoms with Crippen LogP contribution in [-0.4, -0.2) is 57.8 Å². The first kappa shape index (κ1) is 19.5. The maximum Gasteiger partial charge on any atom is 0.248 e. The Morgan fingerprint density at radius 3 is 2.52 bits per heavy atom. The van der Waals surface area contributed by atoms with E-state index in [2.05, 4.69) is 6.58 Å². The fraction of sp³-hybridized carbons (Fsp3) is 0.300. The van der Waals surface area contributed by atoms with Gasteiger partial charge >= 0.3 is 0 Å². The molecule has 1 saturated heterocycles. The third-order valence-corrected chi connectivity index (χ3v) is 5.63. The van der Waals surface area contributed by atoms with Crippen molar-refractivity contribution in [3.63, 3.8) is 0 Å². The summed E-state index contributed by atoms with van der Waals surface area (Å²) in [5.41, 5.74) is 0.738. The fourth-order valence-corrected chi connectivity index (χ4v) is 3.97. The molecule has 1 aromatic rings. The number of piperazine rings is 1. The Kier molecular flexibility index (Phi) is 5.63. The number of rotatable bonds is 3. The van der Waals surface area contributed by atoms with Crippen LogP contribution in [0.3, 0.4) is 0 Å². The zero-order valence-electron chi connectivity index (χ0n) is 14.6. The molecule has 1 aromatic carbocycles. The lowest BCUT2D eigenvalue weighted by atomic mass is 9.80. The molecule has 0 saturated carbocycles. The van der Waals surface area contributed by atoms with Crippen LogP contribution in [0.15, 0.2) is 60.9 Å². The lowest BCUT2D eigenvalue weighted by molar-refractivity contribution is -0.138. The van der Waals surface area contributed by atoms with Crippen molar-refractivity contribution in [1.82, 2.24) is 9.80 Å². The van der Waals surface area contributed by atoms with E-state index in [1.807, 2.05) is 6.07 Å². The number of hydrogen-bond acceptors (Lipinski definition) is 3. The van der Waals surface area contributed by atoms with Gasteiger partial charge in [0.1, 0.15) is 5.76 Å². The molecule has 7 heteroatoms. The van der Waals surface area contributed by atoms with Gasteiger partial charge in [0.15, 0.2) is 4.87 Å². The summed E-state index contributed by atoms with van der Waals surface area (Å²) in [5, 5.41) is 10.5. The van der Waals surface area contributed by atoms with Crippen molar-refractivity contribution in [2.75, 3.05) is 26.2 Å². The molecule has 1 fully saturated rings. The molecule has 2 aliphatic rings. The maximum absolute atomic E-state index is 13.3. The summed E-state index contributed by atoms with van der Waals surface area (Å²) < 4.78 is 0. The number of nitrogens with zero attached hydrogens (tertiary/aromatic N) is 2. The molecule has 0 bridgehead atoms. The molecule has 1 N–H and O–H groups in total. The normalized spacial score (nSPS) is 25.1. The average molecular weight is 407 g/mol. The van der Waals surface area contributed by atoms with E-state index in [4.69, 9.17) is 23.2 Å². The second-order valence-corrected chi connectivity index (χ2v) is 7.61. The monoisotopic (exact) mass is 406 g/mol.